The van der Waals surface area contributed by atoms with Gasteiger partial charge in [-0.2, -0.15) is 47.0 Å². The van der Waals surface area contributed by atoms with Gasteiger partial charge in [-0.3, -0.25) is 0 Å². The van der Waals surface area contributed by atoms with Crippen LogP contribution in [0.4, 0.5) is 0 Å². The van der Waals surface area contributed by atoms with E-state index in [4.69, 9.17) is 0 Å². The highest BCUT2D eigenvalue weighted by atomic mass is 32.2. The van der Waals surface area contributed by atoms with Crippen molar-refractivity contribution in [3.8, 4) is 0 Å². The normalized spacial score (nSPS) is 25.0. The first-order chi connectivity index (χ1) is 5.95. The van der Waals surface area contributed by atoms with Gasteiger partial charge in [-0.25, -0.2) is 0 Å². The zero-order chi connectivity index (χ0) is 8.23. The summed E-state index contributed by atoms with van der Waals surface area (Å²) in [6.07, 6.45) is 0. The quantitative estimate of drug-likeness (QED) is 0.675. The molecule has 0 aromatic carbocycles. The first-order valence-corrected chi connectivity index (χ1v) is 8.74. The Morgan fingerprint density at radius 2 is 1.25 bits per heavy atom. The third kappa shape index (κ3) is 2.96. The summed E-state index contributed by atoms with van der Waals surface area (Å²) in [4.78, 5) is 0. The molecule has 0 aromatic rings. The lowest BCUT2D eigenvalue weighted by Crippen LogP contribution is -2.23. The van der Waals surface area contributed by atoms with Crippen molar-refractivity contribution in [2.45, 2.75) is 10.5 Å². The zero-order valence-corrected chi connectivity index (χ0v) is 10.3. The van der Waals surface area contributed by atoms with E-state index in [2.05, 4.69) is 47.0 Å². The van der Waals surface area contributed by atoms with Crippen molar-refractivity contribution in [2.75, 3.05) is 34.5 Å². The highest BCUT2D eigenvalue weighted by Gasteiger charge is 2.20. The molecular weight excluding hydrogens is 224 g/mol. The van der Waals surface area contributed by atoms with Gasteiger partial charge in [0.2, 0.25) is 0 Å². The van der Waals surface area contributed by atoms with Crippen molar-refractivity contribution in [3.63, 3.8) is 0 Å². The summed E-state index contributed by atoms with van der Waals surface area (Å²) >= 11 is 8.57. The van der Waals surface area contributed by atoms with Crippen molar-refractivity contribution < 1.29 is 0 Å². The second-order valence-corrected chi connectivity index (χ2v) is 8.03. The molecule has 2 rings (SSSR count). The Morgan fingerprint density at radius 3 is 1.50 bits per heavy atom. The summed E-state index contributed by atoms with van der Waals surface area (Å²) in [6, 6.07) is 0. The standard InChI is InChI=1S/C8H14S4/c1(11-7-3-9-4-7)2-12-8-5-10-6-8/h7-8H,1-6H2. The molecule has 0 atom stereocenters. The van der Waals surface area contributed by atoms with E-state index in [1.807, 2.05) is 0 Å². The van der Waals surface area contributed by atoms with Crippen LogP contribution in [0, 0.1) is 0 Å². The summed E-state index contributed by atoms with van der Waals surface area (Å²) in [6.45, 7) is 0. The maximum absolute atomic E-state index is 2.19. The van der Waals surface area contributed by atoms with Crippen LogP contribution in [0.2, 0.25) is 0 Å². The smallest absolute Gasteiger partial charge is 0.0229 e. The molecule has 0 bridgehead atoms. The summed E-state index contributed by atoms with van der Waals surface area (Å²) in [5.41, 5.74) is 0. The monoisotopic (exact) mass is 238 g/mol. The minimum atomic E-state index is 1.01. The van der Waals surface area contributed by atoms with Crippen LogP contribution >= 0.6 is 47.0 Å². The van der Waals surface area contributed by atoms with E-state index >= 15 is 0 Å². The fraction of sp³-hybridized carbons (Fsp3) is 1.00. The van der Waals surface area contributed by atoms with Crippen molar-refractivity contribution >= 4 is 47.0 Å². The molecular formula is C8H14S4. The third-order valence-corrected chi connectivity index (χ3v) is 8.15. The van der Waals surface area contributed by atoms with Crippen LogP contribution in [0.15, 0.2) is 0 Å². The van der Waals surface area contributed by atoms with Crippen molar-refractivity contribution in [1.82, 2.24) is 0 Å². The second kappa shape index (κ2) is 5.32. The lowest BCUT2D eigenvalue weighted by molar-refractivity contribution is 1.08. The van der Waals surface area contributed by atoms with E-state index in [1.54, 1.807) is 0 Å². The Morgan fingerprint density at radius 1 is 0.833 bits per heavy atom. The molecule has 12 heavy (non-hydrogen) atoms. The molecule has 2 heterocycles. The molecule has 0 radical (unpaired) electrons. The number of hydrogen-bond acceptors (Lipinski definition) is 4. The fourth-order valence-corrected chi connectivity index (χ4v) is 6.04. The maximum Gasteiger partial charge on any atom is 0.0229 e. The van der Waals surface area contributed by atoms with Gasteiger partial charge in [-0.15, -0.1) is 0 Å². The molecule has 0 aliphatic carbocycles. The molecule has 2 aliphatic heterocycles. The Balaban J connectivity index is 1.40. The van der Waals surface area contributed by atoms with Crippen molar-refractivity contribution in [2.24, 2.45) is 0 Å². The molecule has 2 aliphatic rings. The van der Waals surface area contributed by atoms with Gasteiger partial charge in [0.15, 0.2) is 0 Å². The minimum absolute atomic E-state index is 1.01. The van der Waals surface area contributed by atoms with Gasteiger partial charge >= 0.3 is 0 Å². The predicted molar refractivity (Wildman–Crippen MR) is 67.1 cm³/mol. The van der Waals surface area contributed by atoms with Crippen LogP contribution in [0.3, 0.4) is 0 Å². The molecule has 4 heteroatoms. The molecule has 0 amide bonds. The van der Waals surface area contributed by atoms with Crippen LogP contribution in [-0.4, -0.2) is 45.0 Å². The molecule has 0 nitrogen and oxygen atoms in total. The number of rotatable bonds is 5. The van der Waals surface area contributed by atoms with E-state index in [9.17, 15) is 0 Å². The molecule has 0 spiro atoms. The average molecular weight is 238 g/mol. The lowest BCUT2D eigenvalue weighted by atomic mass is 10.5. The van der Waals surface area contributed by atoms with Crippen LogP contribution in [0.1, 0.15) is 0 Å². The third-order valence-electron chi connectivity index (χ3n) is 2.01. The van der Waals surface area contributed by atoms with Crippen LogP contribution in [-0.2, 0) is 0 Å². The van der Waals surface area contributed by atoms with E-state index in [0.717, 1.165) is 10.5 Å². The van der Waals surface area contributed by atoms with Gasteiger partial charge < -0.3 is 0 Å². The Kier molecular flexibility index (Phi) is 4.41. The minimum Gasteiger partial charge on any atom is -0.160 e. The molecule has 0 unspecified atom stereocenters. The molecule has 0 saturated carbocycles. The SMILES string of the molecule is C(CSC1CSC1)SC1CSC1. The second-order valence-electron chi connectivity index (χ2n) is 3.06. The first kappa shape index (κ1) is 9.94. The maximum atomic E-state index is 2.19. The van der Waals surface area contributed by atoms with Gasteiger partial charge in [0.25, 0.3) is 0 Å². The molecule has 70 valence electrons. The van der Waals surface area contributed by atoms with Crippen molar-refractivity contribution in [3.05, 3.63) is 0 Å². The predicted octanol–water partition coefficient (Wildman–Crippen LogP) is 2.68. The largest absolute Gasteiger partial charge is 0.160 e. The van der Waals surface area contributed by atoms with Gasteiger partial charge in [0.05, 0.1) is 0 Å². The Bertz CT molecular complexity index is 115. The van der Waals surface area contributed by atoms with E-state index in [-0.39, 0.29) is 0 Å². The summed E-state index contributed by atoms with van der Waals surface area (Å²) in [5.74, 6) is 8.42. The van der Waals surface area contributed by atoms with Crippen molar-refractivity contribution in [1.29, 1.82) is 0 Å². The molecule has 0 N–H and O–H groups in total. The number of hydrogen-bond donors (Lipinski definition) is 0. The average Bonchev–Trinajstić information content (AvgIpc) is 1.88. The van der Waals surface area contributed by atoms with Gasteiger partial charge in [-0.1, -0.05) is 0 Å². The highest BCUT2D eigenvalue weighted by molar-refractivity contribution is 8.09. The van der Waals surface area contributed by atoms with E-state index in [0.29, 0.717) is 0 Å². The Hall–Kier alpha value is 1.40. The summed E-state index contributed by atoms with van der Waals surface area (Å²) in [5, 5.41) is 2.01. The van der Waals surface area contributed by atoms with Crippen LogP contribution < -0.4 is 0 Å². The van der Waals surface area contributed by atoms with Gasteiger partial charge in [-0.05, 0) is 0 Å². The van der Waals surface area contributed by atoms with Gasteiger partial charge in [0, 0.05) is 45.0 Å². The zero-order valence-electron chi connectivity index (χ0n) is 7.03. The fourth-order valence-electron chi connectivity index (χ4n) is 1.05. The number of thioether (sulfide) groups is 4. The summed E-state index contributed by atoms with van der Waals surface area (Å²) < 4.78 is 0. The highest BCUT2D eigenvalue weighted by Crippen LogP contribution is 2.32. The molecule has 0 aromatic heterocycles. The summed E-state index contributed by atoms with van der Waals surface area (Å²) in [7, 11) is 0. The van der Waals surface area contributed by atoms with E-state index < -0.39 is 0 Å². The van der Waals surface area contributed by atoms with Gasteiger partial charge in [0.1, 0.15) is 0 Å². The first-order valence-electron chi connectivity index (χ1n) is 4.34. The van der Waals surface area contributed by atoms with Crippen LogP contribution in [0.25, 0.3) is 0 Å². The van der Waals surface area contributed by atoms with E-state index in [1.165, 1.54) is 34.5 Å². The molecule has 2 fully saturated rings. The topological polar surface area (TPSA) is 0 Å². The Labute approximate surface area is 91.8 Å². The van der Waals surface area contributed by atoms with Crippen LogP contribution in [0.5, 0.6) is 0 Å². The lowest BCUT2D eigenvalue weighted by Gasteiger charge is -2.26. The molecule has 2 saturated heterocycles.